The van der Waals surface area contributed by atoms with Crippen molar-refractivity contribution in [2.24, 2.45) is 0 Å². The maximum atomic E-state index is 6.21. The van der Waals surface area contributed by atoms with Crippen LogP contribution in [0.1, 0.15) is 56.5 Å². The van der Waals surface area contributed by atoms with E-state index in [9.17, 15) is 0 Å². The largest absolute Gasteiger partial charge is 0.493 e. The molecule has 0 saturated heterocycles. The molecule has 1 aliphatic carbocycles. The molecule has 5 aromatic carbocycles. The number of hydrogen-bond acceptors (Lipinski definition) is 1. The van der Waals surface area contributed by atoms with Crippen LogP contribution in [0.2, 0.25) is 0 Å². The summed E-state index contributed by atoms with van der Waals surface area (Å²) in [5, 5.41) is 0. The molecule has 1 heteroatoms. The van der Waals surface area contributed by atoms with Crippen molar-refractivity contribution in [3.05, 3.63) is 172 Å². The van der Waals surface area contributed by atoms with Gasteiger partial charge in [0.25, 0.3) is 0 Å². The van der Waals surface area contributed by atoms with Crippen molar-refractivity contribution in [1.29, 1.82) is 0 Å². The van der Waals surface area contributed by atoms with Crippen molar-refractivity contribution >= 4 is 12.2 Å². The third-order valence-corrected chi connectivity index (χ3v) is 8.99. The number of ether oxygens (including phenoxy) is 1. The molecule has 214 valence electrons. The summed E-state index contributed by atoms with van der Waals surface area (Å²) in [6.45, 7) is 12.8. The SMILES string of the molecule is C=Cc1ccc(CC2(Cc3ccc(C=C)cc3)c3ccccc3-c3ccc(CCCOc4cc(C)ccc4C)cc32)cc1. The molecule has 0 aromatic heterocycles. The molecule has 0 heterocycles. The molecule has 0 aliphatic heterocycles. The van der Waals surface area contributed by atoms with E-state index in [0.29, 0.717) is 6.61 Å². The van der Waals surface area contributed by atoms with Crippen molar-refractivity contribution in [3.63, 3.8) is 0 Å². The molecule has 5 aromatic rings. The van der Waals surface area contributed by atoms with Gasteiger partial charge in [0.15, 0.2) is 0 Å². The van der Waals surface area contributed by atoms with E-state index in [-0.39, 0.29) is 5.41 Å². The topological polar surface area (TPSA) is 9.23 Å². The fourth-order valence-electron chi connectivity index (χ4n) is 6.66. The highest BCUT2D eigenvalue weighted by Gasteiger charge is 2.43. The first-order valence-corrected chi connectivity index (χ1v) is 15.4. The van der Waals surface area contributed by atoms with Crippen molar-refractivity contribution in [3.8, 4) is 16.9 Å². The van der Waals surface area contributed by atoms with Gasteiger partial charge in [-0.05, 0) is 107 Å². The fraction of sp³-hybridized carbons (Fsp3) is 0.190. The summed E-state index contributed by atoms with van der Waals surface area (Å²) in [5.74, 6) is 0.994. The molecule has 0 N–H and O–H groups in total. The molecule has 0 fully saturated rings. The van der Waals surface area contributed by atoms with Crippen LogP contribution in [-0.2, 0) is 24.7 Å². The normalized spacial score (nSPS) is 12.8. The van der Waals surface area contributed by atoms with Crippen molar-refractivity contribution in [2.45, 2.75) is 44.9 Å². The van der Waals surface area contributed by atoms with Gasteiger partial charge in [-0.3, -0.25) is 0 Å². The van der Waals surface area contributed by atoms with Crippen LogP contribution in [0.3, 0.4) is 0 Å². The van der Waals surface area contributed by atoms with E-state index in [4.69, 9.17) is 4.74 Å². The first kappa shape index (κ1) is 28.5. The average molecular weight is 561 g/mol. The number of hydrogen-bond donors (Lipinski definition) is 0. The summed E-state index contributed by atoms with van der Waals surface area (Å²) < 4.78 is 6.21. The van der Waals surface area contributed by atoms with Gasteiger partial charge in [0.2, 0.25) is 0 Å². The smallest absolute Gasteiger partial charge is 0.122 e. The molecule has 0 atom stereocenters. The predicted molar refractivity (Wildman–Crippen MR) is 183 cm³/mol. The van der Waals surface area contributed by atoms with Crippen molar-refractivity contribution in [2.75, 3.05) is 6.61 Å². The first-order valence-electron chi connectivity index (χ1n) is 15.4. The summed E-state index contributed by atoms with van der Waals surface area (Å²) in [6.07, 6.45) is 7.63. The highest BCUT2D eigenvalue weighted by atomic mass is 16.5. The molecular formula is C42H40O. The van der Waals surface area contributed by atoms with Gasteiger partial charge in [-0.1, -0.05) is 128 Å². The Bertz CT molecular complexity index is 1700. The molecule has 0 saturated carbocycles. The van der Waals surface area contributed by atoms with Crippen LogP contribution in [0.25, 0.3) is 23.3 Å². The monoisotopic (exact) mass is 560 g/mol. The molecule has 0 unspecified atom stereocenters. The van der Waals surface area contributed by atoms with Gasteiger partial charge < -0.3 is 4.74 Å². The van der Waals surface area contributed by atoms with E-state index in [2.05, 4.69) is 136 Å². The Balaban J connectivity index is 1.36. The maximum absolute atomic E-state index is 6.21. The first-order chi connectivity index (χ1) is 21.0. The van der Waals surface area contributed by atoms with Gasteiger partial charge in [0.1, 0.15) is 5.75 Å². The quantitative estimate of drug-likeness (QED) is 0.146. The van der Waals surface area contributed by atoms with E-state index in [1.54, 1.807) is 0 Å². The van der Waals surface area contributed by atoms with E-state index in [0.717, 1.165) is 42.6 Å². The third-order valence-electron chi connectivity index (χ3n) is 8.99. The molecule has 0 spiro atoms. The lowest BCUT2D eigenvalue weighted by atomic mass is 9.69. The van der Waals surface area contributed by atoms with E-state index in [1.165, 1.54) is 50.1 Å². The van der Waals surface area contributed by atoms with Gasteiger partial charge in [-0.2, -0.15) is 0 Å². The van der Waals surface area contributed by atoms with Crippen LogP contribution in [0.5, 0.6) is 5.75 Å². The molecular weight excluding hydrogens is 520 g/mol. The van der Waals surface area contributed by atoms with Crippen LogP contribution in [0.4, 0.5) is 0 Å². The zero-order chi connectivity index (χ0) is 29.8. The molecule has 0 bridgehead atoms. The third kappa shape index (κ3) is 5.86. The van der Waals surface area contributed by atoms with Crippen LogP contribution < -0.4 is 4.74 Å². The molecule has 6 rings (SSSR count). The Labute approximate surface area is 257 Å². The van der Waals surface area contributed by atoms with Gasteiger partial charge in [0, 0.05) is 5.41 Å². The van der Waals surface area contributed by atoms with Gasteiger partial charge in [-0.15, -0.1) is 0 Å². The number of rotatable bonds is 11. The van der Waals surface area contributed by atoms with Gasteiger partial charge in [-0.25, -0.2) is 0 Å². The van der Waals surface area contributed by atoms with E-state index >= 15 is 0 Å². The minimum Gasteiger partial charge on any atom is -0.493 e. The molecule has 0 radical (unpaired) electrons. The number of aryl methyl sites for hydroxylation is 3. The minimum absolute atomic E-state index is 0.178. The lowest BCUT2D eigenvalue weighted by molar-refractivity contribution is 0.309. The lowest BCUT2D eigenvalue weighted by Gasteiger charge is -2.33. The molecule has 43 heavy (non-hydrogen) atoms. The van der Waals surface area contributed by atoms with Crippen LogP contribution >= 0.6 is 0 Å². The van der Waals surface area contributed by atoms with Gasteiger partial charge in [0.05, 0.1) is 6.61 Å². The average Bonchev–Trinajstić information content (AvgIpc) is 3.30. The molecule has 1 nitrogen and oxygen atoms in total. The van der Waals surface area contributed by atoms with Crippen LogP contribution in [0.15, 0.2) is 122 Å². The second-order valence-corrected chi connectivity index (χ2v) is 12.0. The Hall–Kier alpha value is -4.62. The predicted octanol–water partition coefficient (Wildman–Crippen LogP) is 10.4. The summed E-state index contributed by atoms with van der Waals surface area (Å²) >= 11 is 0. The van der Waals surface area contributed by atoms with Crippen molar-refractivity contribution < 1.29 is 4.74 Å². The number of fused-ring (bicyclic) bond motifs is 3. The van der Waals surface area contributed by atoms with E-state index < -0.39 is 0 Å². The summed E-state index contributed by atoms with van der Waals surface area (Å²) in [6, 6.07) is 40.4. The zero-order valence-electron chi connectivity index (χ0n) is 25.4. The van der Waals surface area contributed by atoms with Gasteiger partial charge >= 0.3 is 0 Å². The summed E-state index contributed by atoms with van der Waals surface area (Å²) in [4.78, 5) is 0. The number of benzene rings is 5. The zero-order valence-corrected chi connectivity index (χ0v) is 25.4. The van der Waals surface area contributed by atoms with E-state index in [1.807, 2.05) is 12.2 Å². The Kier molecular flexibility index (Phi) is 8.16. The van der Waals surface area contributed by atoms with Crippen LogP contribution in [0, 0.1) is 13.8 Å². The molecule has 0 amide bonds. The fourth-order valence-corrected chi connectivity index (χ4v) is 6.66. The summed E-state index contributed by atoms with van der Waals surface area (Å²) in [5.41, 5.74) is 14.1. The Morgan fingerprint density at radius 3 is 1.88 bits per heavy atom. The summed E-state index contributed by atoms with van der Waals surface area (Å²) in [7, 11) is 0. The molecule has 1 aliphatic rings. The Morgan fingerprint density at radius 2 is 1.23 bits per heavy atom. The van der Waals surface area contributed by atoms with Crippen molar-refractivity contribution in [1.82, 2.24) is 0 Å². The minimum atomic E-state index is -0.178. The lowest BCUT2D eigenvalue weighted by Crippen LogP contribution is -2.31. The second-order valence-electron chi connectivity index (χ2n) is 12.0. The maximum Gasteiger partial charge on any atom is 0.122 e. The van der Waals surface area contributed by atoms with Crippen LogP contribution in [-0.4, -0.2) is 6.61 Å². The second kappa shape index (κ2) is 12.3. The standard InChI is InChI=1S/C42H40O/c1-5-32-15-19-35(20-16-32)28-42(29-36-21-17-33(6-2)18-22-36)39-12-8-7-11-37(39)38-24-23-34(27-40(38)42)10-9-25-43-41-26-30(3)13-14-31(41)4/h5-8,11-24,26-27H,1-2,9-10,25,28-29H2,3-4H3. The highest BCUT2D eigenvalue weighted by molar-refractivity contribution is 5.82. The Morgan fingerprint density at radius 1 is 0.628 bits per heavy atom. The highest BCUT2D eigenvalue weighted by Crippen LogP contribution is 2.52.